The fraction of sp³-hybridized carbons (Fsp3) is 0.0952. The van der Waals surface area contributed by atoms with Gasteiger partial charge in [0.15, 0.2) is 11.0 Å². The Kier molecular flexibility index (Phi) is 5.85. The highest BCUT2D eigenvalue weighted by Crippen LogP contribution is 2.33. The second kappa shape index (κ2) is 8.53. The number of hydrogen-bond acceptors (Lipinski definition) is 4. The van der Waals surface area contributed by atoms with Crippen LogP contribution < -0.4 is 0 Å². The second-order valence-corrected chi connectivity index (χ2v) is 8.09. The SMILES string of the molecule is Cc1ccc(Cl)cc1-n1c(SCc2c(F)cccc2Cl)nnc1-c1cccnc1. The van der Waals surface area contributed by atoms with Gasteiger partial charge in [-0.3, -0.25) is 9.55 Å². The summed E-state index contributed by atoms with van der Waals surface area (Å²) < 4.78 is 16.1. The lowest BCUT2D eigenvalue weighted by atomic mass is 10.2. The average molecular weight is 445 g/mol. The summed E-state index contributed by atoms with van der Waals surface area (Å²) in [6.45, 7) is 1.99. The summed E-state index contributed by atoms with van der Waals surface area (Å²) >= 11 is 13.8. The molecular formula is C21H15Cl2FN4S. The maximum absolute atomic E-state index is 14.2. The van der Waals surface area contributed by atoms with Gasteiger partial charge in [0, 0.05) is 39.3 Å². The molecule has 146 valence electrons. The van der Waals surface area contributed by atoms with E-state index in [0.29, 0.717) is 32.3 Å². The molecule has 0 aliphatic rings. The highest BCUT2D eigenvalue weighted by molar-refractivity contribution is 7.98. The summed E-state index contributed by atoms with van der Waals surface area (Å²) in [5.41, 5.74) is 3.10. The minimum atomic E-state index is -0.345. The third-order valence-electron chi connectivity index (χ3n) is 4.37. The van der Waals surface area contributed by atoms with Crippen LogP contribution in [-0.4, -0.2) is 19.7 Å². The lowest BCUT2D eigenvalue weighted by Gasteiger charge is -2.13. The van der Waals surface area contributed by atoms with Crippen molar-refractivity contribution in [2.75, 3.05) is 0 Å². The van der Waals surface area contributed by atoms with E-state index in [4.69, 9.17) is 23.2 Å². The fourth-order valence-electron chi connectivity index (χ4n) is 2.89. The monoisotopic (exact) mass is 444 g/mol. The minimum absolute atomic E-state index is 0.316. The number of pyridine rings is 1. The third kappa shape index (κ3) is 4.15. The van der Waals surface area contributed by atoms with Crippen LogP contribution >= 0.6 is 35.0 Å². The Hall–Kier alpha value is -2.41. The molecule has 0 N–H and O–H groups in total. The Morgan fingerprint density at radius 3 is 2.69 bits per heavy atom. The van der Waals surface area contributed by atoms with Crippen LogP contribution in [0.15, 0.2) is 66.1 Å². The van der Waals surface area contributed by atoms with Gasteiger partial charge in [0.05, 0.1) is 5.69 Å². The highest BCUT2D eigenvalue weighted by Gasteiger charge is 2.19. The van der Waals surface area contributed by atoms with Crippen LogP contribution in [0.4, 0.5) is 4.39 Å². The molecule has 0 bridgehead atoms. The molecular weight excluding hydrogens is 430 g/mol. The summed E-state index contributed by atoms with van der Waals surface area (Å²) in [6.07, 6.45) is 3.42. The van der Waals surface area contributed by atoms with Crippen molar-refractivity contribution in [3.8, 4) is 17.1 Å². The maximum Gasteiger partial charge on any atom is 0.196 e. The molecule has 0 unspecified atom stereocenters. The van der Waals surface area contributed by atoms with Crippen molar-refractivity contribution in [1.29, 1.82) is 0 Å². The maximum atomic E-state index is 14.2. The van der Waals surface area contributed by atoms with Gasteiger partial charge in [-0.1, -0.05) is 47.1 Å². The number of rotatable bonds is 5. The van der Waals surface area contributed by atoms with Crippen LogP contribution in [0.25, 0.3) is 17.1 Å². The Bertz CT molecular complexity index is 1140. The van der Waals surface area contributed by atoms with E-state index in [1.807, 2.05) is 41.8 Å². The Morgan fingerprint density at radius 1 is 1.07 bits per heavy atom. The summed E-state index contributed by atoms with van der Waals surface area (Å²) in [5.74, 6) is 0.601. The number of thioether (sulfide) groups is 1. The molecule has 0 aliphatic heterocycles. The fourth-order valence-corrected chi connectivity index (χ4v) is 4.35. The molecule has 4 rings (SSSR count). The van der Waals surface area contributed by atoms with Crippen LogP contribution in [0, 0.1) is 12.7 Å². The van der Waals surface area contributed by atoms with E-state index in [1.54, 1.807) is 24.5 Å². The molecule has 2 aromatic heterocycles. The van der Waals surface area contributed by atoms with E-state index >= 15 is 0 Å². The first-order chi connectivity index (χ1) is 14.0. The molecule has 0 amide bonds. The van der Waals surface area contributed by atoms with Crippen molar-refractivity contribution < 1.29 is 4.39 Å². The molecule has 8 heteroatoms. The quantitative estimate of drug-likeness (QED) is 0.335. The first kappa shape index (κ1) is 19.9. The Labute approximate surface area is 181 Å². The van der Waals surface area contributed by atoms with Gasteiger partial charge >= 0.3 is 0 Å². The van der Waals surface area contributed by atoms with Crippen molar-refractivity contribution in [3.63, 3.8) is 0 Å². The highest BCUT2D eigenvalue weighted by atomic mass is 35.5. The van der Waals surface area contributed by atoms with E-state index in [2.05, 4.69) is 15.2 Å². The predicted octanol–water partition coefficient (Wildman–Crippen LogP) is 6.38. The van der Waals surface area contributed by atoms with E-state index in [1.165, 1.54) is 17.8 Å². The smallest absolute Gasteiger partial charge is 0.196 e. The topological polar surface area (TPSA) is 43.6 Å². The van der Waals surface area contributed by atoms with Crippen molar-refractivity contribution in [1.82, 2.24) is 19.7 Å². The molecule has 0 atom stereocenters. The van der Waals surface area contributed by atoms with Gasteiger partial charge in [-0.15, -0.1) is 10.2 Å². The molecule has 0 radical (unpaired) electrons. The van der Waals surface area contributed by atoms with Crippen LogP contribution in [0.2, 0.25) is 10.0 Å². The van der Waals surface area contributed by atoms with Crippen LogP contribution in [0.5, 0.6) is 0 Å². The normalized spacial score (nSPS) is 11.0. The van der Waals surface area contributed by atoms with Gasteiger partial charge in [-0.25, -0.2) is 4.39 Å². The van der Waals surface area contributed by atoms with Gasteiger partial charge in [-0.05, 0) is 48.9 Å². The molecule has 4 aromatic rings. The largest absolute Gasteiger partial charge is 0.270 e. The molecule has 0 aliphatic carbocycles. The molecule has 0 fully saturated rings. The van der Waals surface area contributed by atoms with E-state index in [0.717, 1.165) is 16.8 Å². The molecule has 2 heterocycles. The summed E-state index contributed by atoms with van der Waals surface area (Å²) in [7, 11) is 0. The number of nitrogens with zero attached hydrogens (tertiary/aromatic N) is 4. The molecule has 29 heavy (non-hydrogen) atoms. The van der Waals surface area contributed by atoms with Gasteiger partial charge in [0.2, 0.25) is 0 Å². The van der Waals surface area contributed by atoms with Crippen molar-refractivity contribution >= 4 is 35.0 Å². The number of halogens is 3. The second-order valence-electron chi connectivity index (χ2n) is 6.30. The predicted molar refractivity (Wildman–Crippen MR) is 115 cm³/mol. The zero-order valence-corrected chi connectivity index (χ0v) is 17.6. The summed E-state index contributed by atoms with van der Waals surface area (Å²) in [6, 6.07) is 14.0. The lowest BCUT2D eigenvalue weighted by Crippen LogP contribution is -2.02. The number of aromatic nitrogens is 4. The third-order valence-corrected chi connectivity index (χ3v) is 5.92. The van der Waals surface area contributed by atoms with Crippen LogP contribution in [-0.2, 0) is 5.75 Å². The van der Waals surface area contributed by atoms with Gasteiger partial charge in [0.1, 0.15) is 5.82 Å². The van der Waals surface area contributed by atoms with Crippen molar-refractivity contribution in [2.45, 2.75) is 17.8 Å². The Morgan fingerprint density at radius 2 is 1.93 bits per heavy atom. The molecule has 0 saturated carbocycles. The lowest BCUT2D eigenvalue weighted by molar-refractivity contribution is 0.617. The van der Waals surface area contributed by atoms with Gasteiger partial charge in [0.25, 0.3) is 0 Å². The van der Waals surface area contributed by atoms with Gasteiger partial charge < -0.3 is 0 Å². The number of aryl methyl sites for hydroxylation is 1. The first-order valence-corrected chi connectivity index (χ1v) is 10.5. The molecule has 4 nitrogen and oxygen atoms in total. The zero-order chi connectivity index (χ0) is 20.4. The van der Waals surface area contributed by atoms with Crippen molar-refractivity contribution in [2.24, 2.45) is 0 Å². The van der Waals surface area contributed by atoms with E-state index in [-0.39, 0.29) is 5.82 Å². The number of hydrogen-bond donors (Lipinski definition) is 0. The van der Waals surface area contributed by atoms with Crippen LogP contribution in [0.1, 0.15) is 11.1 Å². The molecule has 0 saturated heterocycles. The summed E-state index contributed by atoms with van der Waals surface area (Å²) in [4.78, 5) is 4.18. The van der Waals surface area contributed by atoms with Crippen LogP contribution in [0.3, 0.4) is 0 Å². The standard InChI is InChI=1S/C21H15Cl2FN4S/c1-13-7-8-15(22)10-19(13)28-20(14-4-3-9-25-11-14)26-27-21(28)29-12-16-17(23)5-2-6-18(16)24/h2-11H,12H2,1H3. The molecule has 0 spiro atoms. The number of benzene rings is 2. The minimum Gasteiger partial charge on any atom is -0.270 e. The molecule has 2 aromatic carbocycles. The zero-order valence-electron chi connectivity index (χ0n) is 15.3. The average Bonchev–Trinajstić information content (AvgIpc) is 3.14. The van der Waals surface area contributed by atoms with Gasteiger partial charge in [-0.2, -0.15) is 0 Å². The Balaban J connectivity index is 1.80. The summed E-state index contributed by atoms with van der Waals surface area (Å²) in [5, 5.41) is 10.3. The van der Waals surface area contributed by atoms with Crippen molar-refractivity contribution in [3.05, 3.63) is 87.9 Å². The first-order valence-electron chi connectivity index (χ1n) is 8.72. The van der Waals surface area contributed by atoms with E-state index < -0.39 is 0 Å². The van der Waals surface area contributed by atoms with E-state index in [9.17, 15) is 4.39 Å².